The van der Waals surface area contributed by atoms with Gasteiger partial charge in [-0.2, -0.15) is 0 Å². The fourth-order valence-corrected chi connectivity index (χ4v) is 2.71. The molecule has 1 saturated heterocycles. The molecule has 3 heteroatoms. The topological polar surface area (TPSA) is 32.7 Å². The molecule has 1 aliphatic heterocycles. The first-order valence-electron chi connectivity index (χ1n) is 6.72. The number of hydrogen-bond acceptors (Lipinski definition) is 3. The van der Waals surface area contributed by atoms with Gasteiger partial charge in [0.25, 0.3) is 0 Å². The van der Waals surface area contributed by atoms with E-state index in [9.17, 15) is 5.11 Å². The second kappa shape index (κ2) is 5.29. The van der Waals surface area contributed by atoms with Crippen LogP contribution in [0, 0.1) is 0 Å². The van der Waals surface area contributed by atoms with Gasteiger partial charge in [-0.1, -0.05) is 18.2 Å². The fraction of sp³-hybridized carbons (Fsp3) is 0.600. The molecule has 0 bridgehead atoms. The standard InChI is InChI=1S/C15H23NO2/c1-4-18-14-8-6-5-7-13(14)15(17)9-10-16(3)12(2)11-15/h5-8,12,17H,4,9-11H2,1-3H3. The Kier molecular flexibility index (Phi) is 3.93. The zero-order valence-electron chi connectivity index (χ0n) is 11.5. The SMILES string of the molecule is CCOc1ccccc1C1(O)CCN(C)C(C)C1. The van der Waals surface area contributed by atoms with Crippen molar-refractivity contribution in [2.24, 2.45) is 0 Å². The Bertz CT molecular complexity index is 407. The maximum Gasteiger partial charge on any atom is 0.125 e. The number of rotatable bonds is 3. The number of benzene rings is 1. The summed E-state index contributed by atoms with van der Waals surface area (Å²) in [4.78, 5) is 2.29. The van der Waals surface area contributed by atoms with Crippen LogP contribution in [0.2, 0.25) is 0 Å². The molecule has 0 radical (unpaired) electrons. The molecule has 0 amide bonds. The summed E-state index contributed by atoms with van der Waals surface area (Å²) in [6.45, 7) is 5.67. The Morgan fingerprint density at radius 1 is 1.44 bits per heavy atom. The van der Waals surface area contributed by atoms with Crippen molar-refractivity contribution in [3.63, 3.8) is 0 Å². The van der Waals surface area contributed by atoms with Crippen molar-refractivity contribution in [2.45, 2.75) is 38.3 Å². The molecule has 1 aliphatic rings. The molecular formula is C15H23NO2. The molecule has 1 heterocycles. The van der Waals surface area contributed by atoms with Gasteiger partial charge in [0.2, 0.25) is 0 Å². The van der Waals surface area contributed by atoms with E-state index >= 15 is 0 Å². The molecule has 0 aromatic heterocycles. The smallest absolute Gasteiger partial charge is 0.125 e. The molecule has 0 saturated carbocycles. The van der Waals surface area contributed by atoms with Crippen LogP contribution in [0.4, 0.5) is 0 Å². The van der Waals surface area contributed by atoms with E-state index in [0.717, 1.165) is 30.7 Å². The van der Waals surface area contributed by atoms with Gasteiger partial charge in [0, 0.05) is 18.2 Å². The van der Waals surface area contributed by atoms with Gasteiger partial charge in [-0.3, -0.25) is 0 Å². The second-order valence-corrected chi connectivity index (χ2v) is 5.24. The Morgan fingerprint density at radius 2 is 2.17 bits per heavy atom. The molecule has 1 fully saturated rings. The van der Waals surface area contributed by atoms with E-state index < -0.39 is 5.60 Å². The number of aliphatic hydroxyl groups is 1. The van der Waals surface area contributed by atoms with Gasteiger partial charge in [-0.05, 0) is 39.8 Å². The lowest BCUT2D eigenvalue weighted by molar-refractivity contribution is -0.0424. The highest BCUT2D eigenvalue weighted by molar-refractivity contribution is 5.38. The van der Waals surface area contributed by atoms with Gasteiger partial charge in [0.1, 0.15) is 5.75 Å². The van der Waals surface area contributed by atoms with E-state index in [4.69, 9.17) is 4.74 Å². The molecule has 3 nitrogen and oxygen atoms in total. The number of nitrogens with zero attached hydrogens (tertiary/aromatic N) is 1. The van der Waals surface area contributed by atoms with Crippen molar-refractivity contribution < 1.29 is 9.84 Å². The van der Waals surface area contributed by atoms with Crippen LogP contribution < -0.4 is 4.74 Å². The quantitative estimate of drug-likeness (QED) is 0.893. The summed E-state index contributed by atoms with van der Waals surface area (Å²) in [6.07, 6.45) is 1.52. The molecule has 100 valence electrons. The van der Waals surface area contributed by atoms with Crippen LogP contribution in [-0.4, -0.2) is 36.2 Å². The van der Waals surface area contributed by atoms with Crippen LogP contribution in [-0.2, 0) is 5.60 Å². The van der Waals surface area contributed by atoms with Crippen molar-refractivity contribution in [1.82, 2.24) is 4.90 Å². The third-order valence-corrected chi connectivity index (χ3v) is 3.95. The first-order chi connectivity index (χ1) is 8.57. The molecule has 1 N–H and O–H groups in total. The Balaban J connectivity index is 2.29. The molecule has 2 unspecified atom stereocenters. The van der Waals surface area contributed by atoms with Crippen LogP contribution in [0.1, 0.15) is 32.3 Å². The van der Waals surface area contributed by atoms with Gasteiger partial charge in [0.15, 0.2) is 0 Å². The van der Waals surface area contributed by atoms with Crippen molar-refractivity contribution in [3.8, 4) is 5.75 Å². The van der Waals surface area contributed by atoms with Crippen LogP contribution in [0.15, 0.2) is 24.3 Å². The predicted octanol–water partition coefficient (Wildman–Crippen LogP) is 2.39. The van der Waals surface area contributed by atoms with Gasteiger partial charge < -0.3 is 14.7 Å². The third kappa shape index (κ3) is 2.52. The number of likely N-dealkylation sites (tertiary alicyclic amines) is 1. The van der Waals surface area contributed by atoms with E-state index in [1.807, 2.05) is 31.2 Å². The van der Waals surface area contributed by atoms with Crippen LogP contribution in [0.3, 0.4) is 0 Å². The molecule has 2 atom stereocenters. The van der Waals surface area contributed by atoms with Gasteiger partial charge in [-0.25, -0.2) is 0 Å². The zero-order chi connectivity index (χ0) is 13.2. The number of para-hydroxylation sites is 1. The molecule has 18 heavy (non-hydrogen) atoms. The maximum atomic E-state index is 10.9. The molecule has 1 aromatic rings. The van der Waals surface area contributed by atoms with Gasteiger partial charge in [-0.15, -0.1) is 0 Å². The largest absolute Gasteiger partial charge is 0.493 e. The summed E-state index contributed by atoms with van der Waals surface area (Å²) in [6, 6.07) is 8.25. The molecule has 1 aromatic carbocycles. The highest BCUT2D eigenvalue weighted by Gasteiger charge is 2.38. The number of piperidine rings is 1. The first kappa shape index (κ1) is 13.4. The van der Waals surface area contributed by atoms with Crippen molar-refractivity contribution in [1.29, 1.82) is 0 Å². The minimum Gasteiger partial charge on any atom is -0.493 e. The molecule has 0 aliphatic carbocycles. The zero-order valence-corrected chi connectivity index (χ0v) is 11.5. The summed E-state index contributed by atoms with van der Waals surface area (Å²) in [5, 5.41) is 10.9. The monoisotopic (exact) mass is 249 g/mol. The predicted molar refractivity (Wildman–Crippen MR) is 72.8 cm³/mol. The summed E-state index contributed by atoms with van der Waals surface area (Å²) >= 11 is 0. The van der Waals surface area contributed by atoms with E-state index in [-0.39, 0.29) is 0 Å². The van der Waals surface area contributed by atoms with E-state index in [1.165, 1.54) is 0 Å². The van der Waals surface area contributed by atoms with Crippen molar-refractivity contribution in [3.05, 3.63) is 29.8 Å². The van der Waals surface area contributed by atoms with Gasteiger partial charge in [0.05, 0.1) is 12.2 Å². The molecular weight excluding hydrogens is 226 g/mol. The average Bonchev–Trinajstić information content (AvgIpc) is 2.35. The number of hydrogen-bond donors (Lipinski definition) is 1. The third-order valence-electron chi connectivity index (χ3n) is 3.95. The lowest BCUT2D eigenvalue weighted by Gasteiger charge is -2.41. The highest BCUT2D eigenvalue weighted by Crippen LogP contribution is 2.39. The summed E-state index contributed by atoms with van der Waals surface area (Å²) in [5.41, 5.74) is 0.185. The number of ether oxygens (including phenoxy) is 1. The second-order valence-electron chi connectivity index (χ2n) is 5.24. The minimum atomic E-state index is -0.752. The summed E-state index contributed by atoms with van der Waals surface area (Å²) in [7, 11) is 2.11. The van der Waals surface area contributed by atoms with Crippen LogP contribution in [0.5, 0.6) is 5.75 Å². The normalized spacial score (nSPS) is 29.2. The lowest BCUT2D eigenvalue weighted by atomic mass is 9.81. The van der Waals surface area contributed by atoms with E-state index in [1.54, 1.807) is 0 Å². The van der Waals surface area contributed by atoms with Crippen LogP contribution >= 0.6 is 0 Å². The Morgan fingerprint density at radius 3 is 2.83 bits per heavy atom. The average molecular weight is 249 g/mol. The minimum absolute atomic E-state index is 0.387. The van der Waals surface area contributed by atoms with Gasteiger partial charge >= 0.3 is 0 Å². The van der Waals surface area contributed by atoms with Crippen LogP contribution in [0.25, 0.3) is 0 Å². The fourth-order valence-electron chi connectivity index (χ4n) is 2.71. The van der Waals surface area contributed by atoms with E-state index in [0.29, 0.717) is 12.6 Å². The first-order valence-corrected chi connectivity index (χ1v) is 6.72. The van der Waals surface area contributed by atoms with E-state index in [2.05, 4.69) is 18.9 Å². The van der Waals surface area contributed by atoms with Crippen molar-refractivity contribution >= 4 is 0 Å². The summed E-state index contributed by atoms with van der Waals surface area (Å²) in [5.74, 6) is 0.819. The lowest BCUT2D eigenvalue weighted by Crippen LogP contribution is -2.46. The molecule has 2 rings (SSSR count). The molecule has 0 spiro atoms. The highest BCUT2D eigenvalue weighted by atomic mass is 16.5. The maximum absolute atomic E-state index is 10.9. The Hall–Kier alpha value is -1.06. The Labute approximate surface area is 109 Å². The van der Waals surface area contributed by atoms with Crippen molar-refractivity contribution in [2.75, 3.05) is 20.2 Å². The summed E-state index contributed by atoms with van der Waals surface area (Å²) < 4.78 is 5.64.